The molecule has 0 aliphatic carbocycles. The zero-order chi connectivity index (χ0) is 15.0. The Hall–Kier alpha value is -0.933. The minimum absolute atomic E-state index is 0.0155. The maximum atomic E-state index is 12.9. The van der Waals surface area contributed by atoms with Crippen molar-refractivity contribution in [1.29, 1.82) is 0 Å². The molecule has 0 fully saturated rings. The van der Waals surface area contributed by atoms with Crippen LogP contribution in [0.25, 0.3) is 0 Å². The number of nitrogen functional groups attached to an aromatic ring is 1. The Morgan fingerprint density at radius 3 is 2.21 bits per heavy atom. The summed E-state index contributed by atoms with van der Waals surface area (Å²) in [6, 6.07) is 1.35. The SMILES string of the molecule is Cc1c(N)c(C#C[Si](C)(C)C)cc(Br)c1C(F)(F)F. The van der Waals surface area contributed by atoms with Gasteiger partial charge in [0.05, 0.1) is 11.3 Å². The summed E-state index contributed by atoms with van der Waals surface area (Å²) < 4.78 is 38.6. The van der Waals surface area contributed by atoms with Gasteiger partial charge in [0, 0.05) is 10.0 Å². The van der Waals surface area contributed by atoms with E-state index < -0.39 is 19.8 Å². The van der Waals surface area contributed by atoms with E-state index in [0.717, 1.165) is 0 Å². The van der Waals surface area contributed by atoms with Gasteiger partial charge in [0.1, 0.15) is 8.07 Å². The van der Waals surface area contributed by atoms with E-state index >= 15 is 0 Å². The van der Waals surface area contributed by atoms with Crippen LogP contribution in [0.4, 0.5) is 18.9 Å². The van der Waals surface area contributed by atoms with E-state index in [1.807, 2.05) is 0 Å². The van der Waals surface area contributed by atoms with E-state index in [0.29, 0.717) is 5.56 Å². The van der Waals surface area contributed by atoms with Crippen LogP contribution in [0.3, 0.4) is 0 Å². The molecule has 0 unspecified atom stereocenters. The Bertz CT molecular complexity index is 562. The molecule has 1 aromatic carbocycles. The topological polar surface area (TPSA) is 26.0 Å². The summed E-state index contributed by atoms with van der Waals surface area (Å²) >= 11 is 2.96. The van der Waals surface area contributed by atoms with Gasteiger partial charge in [-0.05, 0) is 18.6 Å². The molecule has 1 aromatic rings. The Balaban J connectivity index is 3.46. The van der Waals surface area contributed by atoms with E-state index in [2.05, 4.69) is 47.0 Å². The van der Waals surface area contributed by atoms with Gasteiger partial charge in [0.15, 0.2) is 0 Å². The highest BCUT2D eigenvalue weighted by Gasteiger charge is 2.36. The molecule has 0 spiro atoms. The van der Waals surface area contributed by atoms with Crippen molar-refractivity contribution in [3.8, 4) is 11.5 Å². The Labute approximate surface area is 120 Å². The van der Waals surface area contributed by atoms with Gasteiger partial charge in [-0.1, -0.05) is 41.5 Å². The first-order chi connectivity index (χ1) is 8.43. The highest BCUT2D eigenvalue weighted by Crippen LogP contribution is 2.40. The van der Waals surface area contributed by atoms with Crippen molar-refractivity contribution >= 4 is 29.7 Å². The molecule has 6 heteroatoms. The number of rotatable bonds is 0. The monoisotopic (exact) mass is 349 g/mol. The van der Waals surface area contributed by atoms with Gasteiger partial charge in [-0.3, -0.25) is 0 Å². The largest absolute Gasteiger partial charge is 0.417 e. The molecule has 0 aliphatic rings. The minimum Gasteiger partial charge on any atom is -0.397 e. The van der Waals surface area contributed by atoms with E-state index in [-0.39, 0.29) is 15.7 Å². The summed E-state index contributed by atoms with van der Waals surface area (Å²) in [5.74, 6) is 2.90. The lowest BCUT2D eigenvalue weighted by atomic mass is 10.0. The molecule has 0 saturated heterocycles. The van der Waals surface area contributed by atoms with Gasteiger partial charge in [-0.2, -0.15) is 13.2 Å². The molecule has 1 rings (SSSR count). The standard InChI is InChI=1S/C13H15BrF3NSi/c1-8-11(13(15,16)17)10(14)7-9(12(8)18)5-6-19(2,3)4/h7H,18H2,1-4H3. The normalized spacial score (nSPS) is 12.0. The highest BCUT2D eigenvalue weighted by molar-refractivity contribution is 9.10. The molecule has 1 nitrogen and oxygen atoms in total. The Morgan fingerprint density at radius 2 is 1.79 bits per heavy atom. The predicted molar refractivity (Wildman–Crippen MR) is 78.5 cm³/mol. The molecular weight excluding hydrogens is 335 g/mol. The summed E-state index contributed by atoms with van der Waals surface area (Å²) in [6.07, 6.45) is -4.43. The number of nitrogens with two attached hydrogens (primary N) is 1. The molecule has 0 radical (unpaired) electrons. The molecule has 0 atom stereocenters. The minimum atomic E-state index is -4.43. The second-order valence-corrected chi connectivity index (χ2v) is 10.9. The lowest BCUT2D eigenvalue weighted by molar-refractivity contribution is -0.138. The van der Waals surface area contributed by atoms with Gasteiger partial charge in [0.25, 0.3) is 0 Å². The van der Waals surface area contributed by atoms with E-state index in [1.54, 1.807) is 0 Å². The van der Waals surface area contributed by atoms with E-state index in [4.69, 9.17) is 5.73 Å². The third-order valence-corrected chi connectivity index (χ3v) is 3.94. The second kappa shape index (κ2) is 5.21. The number of halogens is 4. The average Bonchev–Trinajstić information content (AvgIpc) is 2.18. The van der Waals surface area contributed by atoms with Crippen molar-refractivity contribution in [3.63, 3.8) is 0 Å². The lowest BCUT2D eigenvalue weighted by Crippen LogP contribution is -2.16. The first kappa shape index (κ1) is 16.1. The van der Waals surface area contributed by atoms with Crippen LogP contribution in [-0.2, 0) is 6.18 Å². The molecule has 0 amide bonds. The van der Waals surface area contributed by atoms with Gasteiger partial charge in [-0.15, -0.1) is 5.54 Å². The van der Waals surface area contributed by atoms with Crippen molar-refractivity contribution in [3.05, 3.63) is 27.2 Å². The highest BCUT2D eigenvalue weighted by atomic mass is 79.9. The third-order valence-electron chi connectivity index (χ3n) is 2.43. The van der Waals surface area contributed by atoms with Gasteiger partial charge in [0.2, 0.25) is 0 Å². The molecule has 0 aliphatic heterocycles. The maximum Gasteiger partial charge on any atom is 0.417 e. The zero-order valence-corrected chi connectivity index (χ0v) is 13.8. The smallest absolute Gasteiger partial charge is 0.397 e. The fourth-order valence-corrected chi connectivity index (χ4v) is 2.76. The van der Waals surface area contributed by atoms with Crippen LogP contribution in [0.5, 0.6) is 0 Å². The quantitative estimate of drug-likeness (QED) is 0.413. The summed E-state index contributed by atoms with van der Waals surface area (Å²) in [5.41, 5.74) is 8.69. The van der Waals surface area contributed by atoms with Crippen molar-refractivity contribution in [2.45, 2.75) is 32.7 Å². The van der Waals surface area contributed by atoms with Crippen LogP contribution >= 0.6 is 15.9 Å². The number of hydrogen-bond donors (Lipinski definition) is 1. The summed E-state index contributed by atoms with van der Waals surface area (Å²) in [7, 11) is -1.60. The number of benzene rings is 1. The van der Waals surface area contributed by atoms with Crippen LogP contribution in [-0.4, -0.2) is 8.07 Å². The molecular formula is C13H15BrF3NSi. The van der Waals surface area contributed by atoms with Crippen molar-refractivity contribution < 1.29 is 13.2 Å². The average molecular weight is 350 g/mol. The Kier molecular flexibility index (Phi) is 4.42. The molecule has 0 heterocycles. The van der Waals surface area contributed by atoms with Crippen LogP contribution < -0.4 is 5.73 Å². The third kappa shape index (κ3) is 4.01. The van der Waals surface area contributed by atoms with Crippen molar-refractivity contribution in [1.82, 2.24) is 0 Å². The number of hydrogen-bond acceptors (Lipinski definition) is 1. The predicted octanol–water partition coefficient (Wildman–Crippen LogP) is 4.59. The molecule has 19 heavy (non-hydrogen) atoms. The fraction of sp³-hybridized carbons (Fsp3) is 0.385. The van der Waals surface area contributed by atoms with Crippen LogP contribution in [0.1, 0.15) is 16.7 Å². The van der Waals surface area contributed by atoms with Crippen LogP contribution in [0.2, 0.25) is 19.6 Å². The fourth-order valence-electron chi connectivity index (χ4n) is 1.50. The Morgan fingerprint density at radius 1 is 1.26 bits per heavy atom. The van der Waals surface area contributed by atoms with Crippen LogP contribution in [0, 0.1) is 18.4 Å². The van der Waals surface area contributed by atoms with Gasteiger partial charge >= 0.3 is 6.18 Å². The van der Waals surface area contributed by atoms with Gasteiger partial charge < -0.3 is 5.73 Å². The maximum absolute atomic E-state index is 12.9. The number of anilines is 1. The summed E-state index contributed by atoms with van der Waals surface area (Å²) in [4.78, 5) is 0. The van der Waals surface area contributed by atoms with E-state index in [9.17, 15) is 13.2 Å². The molecule has 0 aromatic heterocycles. The first-order valence-electron chi connectivity index (χ1n) is 5.62. The van der Waals surface area contributed by atoms with Crippen molar-refractivity contribution in [2.75, 3.05) is 5.73 Å². The lowest BCUT2D eigenvalue weighted by Gasteiger charge is -2.15. The first-order valence-corrected chi connectivity index (χ1v) is 9.91. The summed E-state index contributed by atoms with van der Waals surface area (Å²) in [5, 5.41) is 0. The molecule has 104 valence electrons. The molecule has 0 bridgehead atoms. The van der Waals surface area contributed by atoms with Crippen molar-refractivity contribution in [2.24, 2.45) is 0 Å². The van der Waals surface area contributed by atoms with Crippen LogP contribution in [0.15, 0.2) is 10.5 Å². The zero-order valence-electron chi connectivity index (χ0n) is 11.2. The van der Waals surface area contributed by atoms with Gasteiger partial charge in [-0.25, -0.2) is 0 Å². The van der Waals surface area contributed by atoms with E-state index in [1.165, 1.54) is 13.0 Å². The molecule has 2 N–H and O–H groups in total. The number of alkyl halides is 3. The molecule has 0 saturated carbocycles. The summed E-state index contributed by atoms with van der Waals surface area (Å²) in [6.45, 7) is 7.54. The second-order valence-electron chi connectivity index (χ2n) is 5.32.